The van der Waals surface area contributed by atoms with Gasteiger partial charge in [0.1, 0.15) is 0 Å². The minimum absolute atomic E-state index is 0. The molecule has 1 atom stereocenters. The molecule has 0 aromatic rings. The average Bonchev–Trinajstić information content (AvgIpc) is 2.06. The van der Waals surface area contributed by atoms with Gasteiger partial charge in [-0.25, -0.2) is 4.18 Å². The Balaban J connectivity index is 0.00000144. The van der Waals surface area contributed by atoms with E-state index >= 15 is 0 Å². The molecule has 1 heterocycles. The van der Waals surface area contributed by atoms with Gasteiger partial charge in [-0.15, -0.1) is 0 Å². The van der Waals surface area contributed by atoms with Gasteiger partial charge in [-0.2, -0.15) is 8.42 Å². The number of hydrogen-bond acceptors (Lipinski definition) is 5. The van der Waals surface area contributed by atoms with E-state index in [4.69, 9.17) is 8.92 Å². The topological polar surface area (TPSA) is 64.6 Å². The molecule has 5 nitrogen and oxygen atoms in total. The van der Waals surface area contributed by atoms with Crippen LogP contribution in [-0.4, -0.2) is 69.7 Å². The van der Waals surface area contributed by atoms with Gasteiger partial charge in [-0.05, 0) is 6.92 Å². The fourth-order valence-corrected chi connectivity index (χ4v) is 1.42. The van der Waals surface area contributed by atoms with E-state index in [1.807, 2.05) is 0 Å². The second-order valence-corrected chi connectivity index (χ2v) is 4.33. The van der Waals surface area contributed by atoms with Crippen molar-refractivity contribution in [1.82, 2.24) is 5.32 Å². The van der Waals surface area contributed by atoms with Gasteiger partial charge < -0.3 is 10.1 Å². The number of nitrogens with one attached hydrogen (secondary N) is 1. The van der Waals surface area contributed by atoms with E-state index in [-0.39, 0.29) is 35.3 Å². The number of morpholine rings is 1. The Hall–Kier alpha value is 0.830. The third-order valence-electron chi connectivity index (χ3n) is 1.50. The molecule has 0 spiro atoms. The first kappa shape index (κ1) is 13.8. The first-order valence-electron chi connectivity index (χ1n) is 3.87. The molecule has 0 amide bonds. The fourth-order valence-electron chi connectivity index (χ4n) is 0.835. The number of hydrogen-bond donors (Lipinski definition) is 1. The van der Waals surface area contributed by atoms with Crippen LogP contribution in [0.25, 0.3) is 0 Å². The molecular formula is C6H14NNaO4S. The van der Waals surface area contributed by atoms with Crippen molar-refractivity contribution in [3.63, 3.8) is 0 Å². The molecule has 0 aromatic heterocycles. The maximum atomic E-state index is 10.9. The van der Waals surface area contributed by atoms with Crippen molar-refractivity contribution in [1.29, 1.82) is 0 Å². The van der Waals surface area contributed by atoms with Gasteiger partial charge in [-0.1, -0.05) is 0 Å². The van der Waals surface area contributed by atoms with E-state index in [2.05, 4.69) is 5.32 Å². The summed E-state index contributed by atoms with van der Waals surface area (Å²) < 4.78 is 31.6. The van der Waals surface area contributed by atoms with Crippen molar-refractivity contribution in [3.8, 4) is 0 Å². The summed E-state index contributed by atoms with van der Waals surface area (Å²) in [6.45, 7) is 3.20. The Kier molecular flexibility index (Phi) is 6.74. The van der Waals surface area contributed by atoms with Crippen molar-refractivity contribution < 1.29 is 17.3 Å². The molecule has 0 aromatic carbocycles. The Bertz CT molecular complexity index is 225. The van der Waals surface area contributed by atoms with E-state index in [1.54, 1.807) is 0 Å². The summed E-state index contributed by atoms with van der Waals surface area (Å²) in [5, 5.41) is 2.97. The van der Waals surface area contributed by atoms with Gasteiger partial charge in [0.15, 0.2) is 6.29 Å². The third-order valence-corrected chi connectivity index (χ3v) is 2.72. The fraction of sp³-hybridized carbons (Fsp3) is 1.00. The van der Waals surface area contributed by atoms with Gasteiger partial charge in [0.05, 0.1) is 12.4 Å². The van der Waals surface area contributed by atoms with Gasteiger partial charge in [-0.3, -0.25) is 0 Å². The molecular weight excluding hydrogens is 205 g/mol. The quantitative estimate of drug-likeness (QED) is 0.469. The molecule has 0 radical (unpaired) electrons. The normalized spacial score (nSPS) is 23.6. The summed E-state index contributed by atoms with van der Waals surface area (Å²) >= 11 is 0. The van der Waals surface area contributed by atoms with Gasteiger partial charge >= 0.3 is 29.6 Å². The molecule has 1 rings (SSSR count). The standard InChI is InChI=1S/C6H13NO4S.Na.H/c1-2-12(8,9)11-6-5-7-3-4-10-6;;/h6-7H,2-5H2,1H3;;. The Morgan fingerprint density at radius 3 is 2.77 bits per heavy atom. The molecule has 1 unspecified atom stereocenters. The zero-order valence-electron chi connectivity index (χ0n) is 6.95. The zero-order valence-corrected chi connectivity index (χ0v) is 7.76. The first-order chi connectivity index (χ1) is 5.64. The third kappa shape index (κ3) is 5.31. The SMILES string of the molecule is CCS(=O)(=O)OC1CNCCO1.[NaH]. The molecule has 1 fully saturated rings. The average molecular weight is 219 g/mol. The monoisotopic (exact) mass is 219 g/mol. The van der Waals surface area contributed by atoms with E-state index in [9.17, 15) is 8.42 Å². The van der Waals surface area contributed by atoms with E-state index in [0.717, 1.165) is 6.54 Å². The molecule has 0 aliphatic carbocycles. The van der Waals surface area contributed by atoms with Crippen LogP contribution < -0.4 is 5.32 Å². The number of ether oxygens (including phenoxy) is 1. The van der Waals surface area contributed by atoms with Crippen LogP contribution in [0.3, 0.4) is 0 Å². The van der Waals surface area contributed by atoms with Crippen LogP contribution in [0.4, 0.5) is 0 Å². The Morgan fingerprint density at radius 1 is 1.62 bits per heavy atom. The molecule has 0 saturated carbocycles. The van der Waals surface area contributed by atoms with Crippen molar-refractivity contribution in [2.24, 2.45) is 0 Å². The molecule has 1 aliphatic rings. The van der Waals surface area contributed by atoms with E-state index in [0.29, 0.717) is 13.2 Å². The van der Waals surface area contributed by atoms with Gasteiger partial charge in [0.25, 0.3) is 10.1 Å². The summed E-state index contributed by atoms with van der Waals surface area (Å²) in [5.41, 5.74) is 0. The second kappa shape index (κ2) is 6.34. The Labute approximate surface area is 101 Å². The van der Waals surface area contributed by atoms with Crippen LogP contribution in [0, 0.1) is 0 Å². The molecule has 1 N–H and O–H groups in total. The van der Waals surface area contributed by atoms with Crippen molar-refractivity contribution >= 4 is 39.7 Å². The molecule has 7 heteroatoms. The van der Waals surface area contributed by atoms with Crippen LogP contribution in [0.5, 0.6) is 0 Å². The number of rotatable bonds is 3. The van der Waals surface area contributed by atoms with Crippen molar-refractivity contribution in [3.05, 3.63) is 0 Å². The predicted molar refractivity (Wildman–Crippen MR) is 50.3 cm³/mol. The van der Waals surface area contributed by atoms with Gasteiger partial charge in [0, 0.05) is 13.1 Å². The Morgan fingerprint density at radius 2 is 2.31 bits per heavy atom. The molecule has 1 aliphatic heterocycles. The maximum absolute atomic E-state index is 10.9. The van der Waals surface area contributed by atoms with Gasteiger partial charge in [0.2, 0.25) is 0 Å². The summed E-state index contributed by atoms with van der Waals surface area (Å²) in [6.07, 6.45) is -0.649. The minimum atomic E-state index is -3.38. The predicted octanol–water partition coefficient (Wildman–Crippen LogP) is -1.35. The van der Waals surface area contributed by atoms with E-state index < -0.39 is 16.4 Å². The van der Waals surface area contributed by atoms with Crippen LogP contribution in [0.1, 0.15) is 6.92 Å². The van der Waals surface area contributed by atoms with Crippen LogP contribution >= 0.6 is 0 Å². The second-order valence-electron chi connectivity index (χ2n) is 2.45. The van der Waals surface area contributed by atoms with Crippen LogP contribution in [-0.2, 0) is 19.0 Å². The molecule has 0 bridgehead atoms. The van der Waals surface area contributed by atoms with E-state index in [1.165, 1.54) is 6.92 Å². The summed E-state index contributed by atoms with van der Waals surface area (Å²) in [4.78, 5) is 0. The van der Waals surface area contributed by atoms with Crippen molar-refractivity contribution in [2.75, 3.05) is 25.4 Å². The van der Waals surface area contributed by atoms with Crippen LogP contribution in [0.15, 0.2) is 0 Å². The molecule has 13 heavy (non-hydrogen) atoms. The molecule has 74 valence electrons. The molecule has 1 saturated heterocycles. The summed E-state index contributed by atoms with van der Waals surface area (Å²) in [6, 6.07) is 0. The zero-order chi connectivity index (χ0) is 9.03. The summed E-state index contributed by atoms with van der Waals surface area (Å²) in [7, 11) is -3.38. The van der Waals surface area contributed by atoms with Crippen molar-refractivity contribution in [2.45, 2.75) is 13.2 Å². The van der Waals surface area contributed by atoms with Crippen LogP contribution in [0.2, 0.25) is 0 Å². The summed E-state index contributed by atoms with van der Waals surface area (Å²) in [5.74, 6) is -0.0210. The first-order valence-corrected chi connectivity index (χ1v) is 5.45.